The van der Waals surface area contributed by atoms with Gasteiger partial charge in [0, 0.05) is 95.1 Å². The average Bonchev–Trinajstić information content (AvgIpc) is 3.40. The lowest BCUT2D eigenvalue weighted by molar-refractivity contribution is 0.0136. The van der Waals surface area contributed by atoms with Crippen molar-refractivity contribution < 1.29 is 18.7 Å². The van der Waals surface area contributed by atoms with E-state index in [1.165, 1.54) is 0 Å². The molecule has 3 N–H and O–H groups in total. The number of likely N-dealkylation sites (tertiary alicyclic amines) is 1. The van der Waals surface area contributed by atoms with Gasteiger partial charge in [0.2, 0.25) is 5.95 Å². The predicted molar refractivity (Wildman–Crippen MR) is 172 cm³/mol. The number of anilines is 3. The van der Waals surface area contributed by atoms with Gasteiger partial charge in [-0.1, -0.05) is 0 Å². The Morgan fingerprint density at radius 3 is 2.69 bits per heavy atom. The van der Waals surface area contributed by atoms with Crippen molar-refractivity contribution in [3.8, 4) is 0 Å². The lowest BCUT2D eigenvalue weighted by atomic mass is 10.0. The standard InChI is InChI=1S/C32H46FN9O3/c1-21(2)42-19-25(31(43)37-22-6-11-40(12-7-22)10-4-14-45-23-16-34-17-23)24-18-36-30(15-27(24)42)38-29-5-9-35-32(39-29)41-13-8-28(44-3)26(33)20-41/h5,9,15,18-19,21-23,26,28,34H,4,6-8,10-14,16-17,20H2,1-3H3,(H,37,43)(H,35,36,38,39)/t26-,28+/m0/s1. The van der Waals surface area contributed by atoms with Crippen molar-refractivity contribution in [3.05, 3.63) is 36.3 Å². The molecule has 0 unspecified atom stereocenters. The van der Waals surface area contributed by atoms with Crippen LogP contribution >= 0.6 is 0 Å². The number of nitrogens with zero attached hydrogens (tertiary/aromatic N) is 6. The number of alkyl halides is 1. The molecule has 13 heteroatoms. The SMILES string of the molecule is CO[C@@H]1CCN(c2nccc(Nc3cc4c(cn3)c(C(=O)NC3CCN(CCCOC5CNC5)CC3)cn4C(C)C)n2)C[C@@H]1F. The van der Waals surface area contributed by atoms with E-state index in [9.17, 15) is 9.18 Å². The Hall–Kier alpha value is -3.39. The summed E-state index contributed by atoms with van der Waals surface area (Å²) in [5, 5.41) is 10.6. The van der Waals surface area contributed by atoms with Gasteiger partial charge in [-0.25, -0.2) is 14.4 Å². The van der Waals surface area contributed by atoms with Crippen molar-refractivity contribution in [1.82, 2.24) is 35.1 Å². The second-order valence-electron chi connectivity index (χ2n) is 12.6. The van der Waals surface area contributed by atoms with E-state index in [1.54, 1.807) is 25.6 Å². The maximum Gasteiger partial charge on any atom is 0.253 e. The van der Waals surface area contributed by atoms with Gasteiger partial charge in [-0.15, -0.1) is 0 Å². The van der Waals surface area contributed by atoms with Crippen LogP contribution in [0, 0.1) is 0 Å². The molecule has 0 spiro atoms. The normalized spacial score (nSPS) is 21.8. The van der Waals surface area contributed by atoms with Crippen LogP contribution in [0.2, 0.25) is 0 Å². The zero-order chi connectivity index (χ0) is 31.3. The summed E-state index contributed by atoms with van der Waals surface area (Å²) in [5.41, 5.74) is 1.55. The molecule has 0 aromatic carbocycles. The van der Waals surface area contributed by atoms with Crippen LogP contribution < -0.4 is 20.9 Å². The molecule has 3 saturated heterocycles. The van der Waals surface area contributed by atoms with Crippen LogP contribution in [0.1, 0.15) is 55.9 Å². The molecule has 0 saturated carbocycles. The Kier molecular flexibility index (Phi) is 10.1. The highest BCUT2D eigenvalue weighted by Crippen LogP contribution is 2.28. The maximum atomic E-state index is 14.5. The van der Waals surface area contributed by atoms with Crippen molar-refractivity contribution in [3.63, 3.8) is 0 Å². The summed E-state index contributed by atoms with van der Waals surface area (Å²) < 4.78 is 27.7. The molecular weight excluding hydrogens is 577 g/mol. The van der Waals surface area contributed by atoms with E-state index in [-0.39, 0.29) is 24.5 Å². The number of pyridine rings is 1. The minimum Gasteiger partial charge on any atom is -0.378 e. The fourth-order valence-corrected chi connectivity index (χ4v) is 6.33. The third-order valence-electron chi connectivity index (χ3n) is 9.13. The first-order chi connectivity index (χ1) is 21.9. The molecule has 0 aliphatic carbocycles. The summed E-state index contributed by atoms with van der Waals surface area (Å²) in [5.74, 6) is 1.56. The Labute approximate surface area is 264 Å². The lowest BCUT2D eigenvalue weighted by Gasteiger charge is -2.33. The fourth-order valence-electron chi connectivity index (χ4n) is 6.33. The number of hydrogen-bond donors (Lipinski definition) is 3. The van der Waals surface area contributed by atoms with Crippen LogP contribution in [0.25, 0.3) is 10.9 Å². The molecule has 1 amide bonds. The Bertz CT molecular complexity index is 1440. The van der Waals surface area contributed by atoms with Gasteiger partial charge in [0.25, 0.3) is 5.91 Å². The topological polar surface area (TPSA) is 122 Å². The molecule has 6 rings (SSSR count). The molecule has 12 nitrogen and oxygen atoms in total. The lowest BCUT2D eigenvalue weighted by Crippen LogP contribution is -2.48. The van der Waals surface area contributed by atoms with Gasteiger partial charge >= 0.3 is 0 Å². The largest absolute Gasteiger partial charge is 0.378 e. The van der Waals surface area contributed by atoms with Crippen molar-refractivity contribution in [2.24, 2.45) is 0 Å². The number of carbonyl (C=O) groups is 1. The van der Waals surface area contributed by atoms with Crippen LogP contribution in [0.3, 0.4) is 0 Å². The van der Waals surface area contributed by atoms with Crippen LogP contribution in [0.5, 0.6) is 0 Å². The number of ether oxygens (including phenoxy) is 2. The quantitative estimate of drug-likeness (QED) is 0.259. The number of hydrogen-bond acceptors (Lipinski definition) is 10. The molecule has 3 aromatic rings. The third kappa shape index (κ3) is 7.54. The summed E-state index contributed by atoms with van der Waals surface area (Å²) in [6, 6.07) is 4.00. The highest BCUT2D eigenvalue weighted by atomic mass is 19.1. The monoisotopic (exact) mass is 623 g/mol. The molecule has 0 radical (unpaired) electrons. The number of fused-ring (bicyclic) bond motifs is 1. The maximum absolute atomic E-state index is 14.5. The number of rotatable bonds is 12. The fraction of sp³-hybridized carbons (Fsp3) is 0.625. The highest BCUT2D eigenvalue weighted by Gasteiger charge is 2.30. The van der Waals surface area contributed by atoms with Gasteiger partial charge in [0.1, 0.15) is 17.8 Å². The molecule has 3 aliphatic heterocycles. The number of amides is 1. The van der Waals surface area contributed by atoms with Gasteiger partial charge in [0.05, 0.1) is 29.8 Å². The Balaban J connectivity index is 1.07. The second kappa shape index (κ2) is 14.4. The first kappa shape index (κ1) is 31.6. The molecule has 244 valence electrons. The minimum atomic E-state index is -1.10. The van der Waals surface area contributed by atoms with Crippen molar-refractivity contribution >= 4 is 34.4 Å². The Morgan fingerprint density at radius 1 is 1.16 bits per heavy atom. The van der Waals surface area contributed by atoms with Crippen LogP contribution in [-0.2, 0) is 9.47 Å². The second-order valence-corrected chi connectivity index (χ2v) is 12.6. The number of aromatic nitrogens is 4. The molecule has 3 fully saturated rings. The average molecular weight is 624 g/mol. The predicted octanol–water partition coefficient (Wildman–Crippen LogP) is 3.29. The summed E-state index contributed by atoms with van der Waals surface area (Å²) in [6.07, 6.45) is 7.72. The first-order valence-electron chi connectivity index (χ1n) is 16.3. The van der Waals surface area contributed by atoms with E-state index in [4.69, 9.17) is 9.47 Å². The van der Waals surface area contributed by atoms with Gasteiger partial charge in [0.15, 0.2) is 0 Å². The van der Waals surface area contributed by atoms with E-state index < -0.39 is 12.3 Å². The third-order valence-corrected chi connectivity index (χ3v) is 9.13. The summed E-state index contributed by atoms with van der Waals surface area (Å²) in [4.78, 5) is 31.4. The molecule has 6 heterocycles. The highest BCUT2D eigenvalue weighted by molar-refractivity contribution is 6.07. The van der Waals surface area contributed by atoms with Crippen molar-refractivity contribution in [2.45, 2.75) is 70.0 Å². The van der Waals surface area contributed by atoms with Crippen LogP contribution in [0.15, 0.2) is 30.7 Å². The van der Waals surface area contributed by atoms with Crippen molar-refractivity contribution in [2.75, 3.05) is 69.7 Å². The number of carbonyl (C=O) groups excluding carboxylic acids is 1. The number of piperidine rings is 2. The Morgan fingerprint density at radius 2 is 1.98 bits per heavy atom. The summed E-state index contributed by atoms with van der Waals surface area (Å²) in [7, 11) is 1.54. The number of methoxy groups -OCH3 is 1. The number of nitrogens with one attached hydrogen (secondary N) is 3. The molecule has 0 bridgehead atoms. The summed E-state index contributed by atoms with van der Waals surface area (Å²) >= 11 is 0. The smallest absolute Gasteiger partial charge is 0.253 e. The molecule has 2 atom stereocenters. The molecular formula is C32H46FN9O3. The van der Waals surface area contributed by atoms with Crippen LogP contribution in [-0.4, -0.2) is 114 Å². The number of halogens is 1. The summed E-state index contributed by atoms with van der Waals surface area (Å²) in [6.45, 7) is 10.7. The van der Waals surface area contributed by atoms with E-state index in [1.807, 2.05) is 17.2 Å². The van der Waals surface area contributed by atoms with Gasteiger partial charge in [-0.2, -0.15) is 4.98 Å². The van der Waals surface area contributed by atoms with Crippen LogP contribution in [0.4, 0.5) is 22.0 Å². The molecule has 45 heavy (non-hydrogen) atoms. The van der Waals surface area contributed by atoms with E-state index in [0.29, 0.717) is 42.2 Å². The zero-order valence-electron chi connectivity index (χ0n) is 26.5. The molecule has 3 aliphatic rings. The van der Waals surface area contributed by atoms with E-state index in [2.05, 4.69) is 54.2 Å². The minimum absolute atomic E-state index is 0.0632. The zero-order valence-corrected chi connectivity index (χ0v) is 26.5. The van der Waals surface area contributed by atoms with Gasteiger partial charge in [-0.3, -0.25) is 4.79 Å². The van der Waals surface area contributed by atoms with E-state index in [0.717, 1.165) is 69.5 Å². The van der Waals surface area contributed by atoms with E-state index >= 15 is 0 Å². The van der Waals surface area contributed by atoms with Gasteiger partial charge in [-0.05, 0) is 45.6 Å². The van der Waals surface area contributed by atoms with Crippen molar-refractivity contribution in [1.29, 1.82) is 0 Å². The van der Waals surface area contributed by atoms with Gasteiger partial charge < -0.3 is 39.8 Å². The first-order valence-corrected chi connectivity index (χ1v) is 16.3. The molecule has 3 aromatic heterocycles.